The average molecular weight is 359 g/mol. The molecule has 1 aliphatic rings. The first kappa shape index (κ1) is 16.9. The van der Waals surface area contributed by atoms with Gasteiger partial charge in [0.25, 0.3) is 0 Å². The Kier molecular flexibility index (Phi) is 5.77. The molecule has 1 N–H and O–H groups in total. The molecule has 1 aliphatic heterocycles. The number of rotatable bonds is 5. The van der Waals surface area contributed by atoms with Crippen molar-refractivity contribution in [2.75, 3.05) is 33.4 Å². The molecule has 0 amide bonds. The van der Waals surface area contributed by atoms with Crippen LogP contribution < -0.4 is 5.32 Å². The van der Waals surface area contributed by atoms with Crippen molar-refractivity contribution in [1.82, 2.24) is 10.2 Å². The lowest BCUT2D eigenvalue weighted by atomic mass is 9.87. The highest BCUT2D eigenvalue weighted by atomic mass is 79.9. The Morgan fingerprint density at radius 1 is 1.38 bits per heavy atom. The van der Waals surface area contributed by atoms with Gasteiger partial charge in [-0.3, -0.25) is 4.90 Å². The predicted molar refractivity (Wildman–Crippen MR) is 87.1 cm³/mol. The van der Waals surface area contributed by atoms with Crippen LogP contribution in [0.4, 0.5) is 4.39 Å². The third-order valence-corrected chi connectivity index (χ3v) is 5.37. The van der Waals surface area contributed by atoms with Gasteiger partial charge >= 0.3 is 0 Å². The molecule has 118 valence electrons. The summed E-state index contributed by atoms with van der Waals surface area (Å²) in [7, 11) is 1.97. The molecular formula is C16H24BrFN2O. The van der Waals surface area contributed by atoms with Crippen molar-refractivity contribution < 1.29 is 9.13 Å². The van der Waals surface area contributed by atoms with Gasteiger partial charge in [0.1, 0.15) is 5.82 Å². The van der Waals surface area contributed by atoms with Gasteiger partial charge < -0.3 is 10.1 Å². The summed E-state index contributed by atoms with van der Waals surface area (Å²) in [5.74, 6) is -0.202. The van der Waals surface area contributed by atoms with Crippen LogP contribution in [0.25, 0.3) is 0 Å². The lowest BCUT2D eigenvalue weighted by molar-refractivity contribution is -0.0224. The van der Waals surface area contributed by atoms with E-state index in [1.54, 1.807) is 6.07 Å². The van der Waals surface area contributed by atoms with E-state index < -0.39 is 0 Å². The van der Waals surface area contributed by atoms with Gasteiger partial charge in [0.2, 0.25) is 0 Å². The zero-order chi connectivity index (χ0) is 15.5. The minimum atomic E-state index is -0.202. The summed E-state index contributed by atoms with van der Waals surface area (Å²) < 4.78 is 19.7. The van der Waals surface area contributed by atoms with Gasteiger partial charge in [0, 0.05) is 24.7 Å². The molecular weight excluding hydrogens is 335 g/mol. The maximum atomic E-state index is 13.7. The van der Waals surface area contributed by atoms with Crippen LogP contribution in [0.5, 0.6) is 0 Å². The van der Waals surface area contributed by atoms with Crippen molar-refractivity contribution in [3.8, 4) is 0 Å². The summed E-state index contributed by atoms with van der Waals surface area (Å²) in [5, 5.41) is 3.41. The molecule has 0 aromatic heterocycles. The molecule has 0 bridgehead atoms. The first-order valence-corrected chi connectivity index (χ1v) is 8.19. The lowest BCUT2D eigenvalue weighted by Crippen LogP contribution is -2.60. The van der Waals surface area contributed by atoms with Crippen molar-refractivity contribution >= 4 is 15.9 Å². The van der Waals surface area contributed by atoms with Gasteiger partial charge in [0.05, 0.1) is 17.7 Å². The standard InChI is InChI=1S/C16H24BrFN2O/c1-16(2,20-7-9-21-10-8-20)14(19-3)11-12-5-4-6-13(18)15(12)17/h4-6,14,19H,7-11H2,1-3H3. The van der Waals surface area contributed by atoms with Crippen molar-refractivity contribution in [2.45, 2.75) is 31.8 Å². The largest absolute Gasteiger partial charge is 0.379 e. The van der Waals surface area contributed by atoms with Crippen LogP contribution in [0, 0.1) is 5.82 Å². The topological polar surface area (TPSA) is 24.5 Å². The van der Waals surface area contributed by atoms with Gasteiger partial charge in [-0.15, -0.1) is 0 Å². The van der Waals surface area contributed by atoms with E-state index in [2.05, 4.69) is 40.0 Å². The number of likely N-dealkylation sites (N-methyl/N-ethyl adjacent to an activating group) is 1. The summed E-state index contributed by atoms with van der Waals surface area (Å²) in [6, 6.07) is 5.46. The van der Waals surface area contributed by atoms with E-state index in [1.165, 1.54) is 6.07 Å². The quantitative estimate of drug-likeness (QED) is 0.875. The van der Waals surface area contributed by atoms with Crippen LogP contribution in [0.1, 0.15) is 19.4 Å². The van der Waals surface area contributed by atoms with Gasteiger partial charge in [-0.1, -0.05) is 12.1 Å². The van der Waals surface area contributed by atoms with E-state index in [1.807, 2.05) is 13.1 Å². The second-order valence-corrected chi connectivity index (χ2v) is 6.80. The Bertz CT molecular complexity index is 475. The van der Waals surface area contributed by atoms with E-state index in [-0.39, 0.29) is 17.4 Å². The fourth-order valence-corrected chi connectivity index (χ4v) is 3.42. The number of hydrogen-bond acceptors (Lipinski definition) is 3. The highest BCUT2D eigenvalue weighted by molar-refractivity contribution is 9.10. The molecule has 0 spiro atoms. The number of hydrogen-bond donors (Lipinski definition) is 1. The summed E-state index contributed by atoms with van der Waals surface area (Å²) in [6.45, 7) is 7.93. The van der Waals surface area contributed by atoms with Crippen LogP contribution in [0.3, 0.4) is 0 Å². The van der Waals surface area contributed by atoms with Gasteiger partial charge in [-0.25, -0.2) is 4.39 Å². The number of halogens is 2. The molecule has 1 unspecified atom stereocenters. The van der Waals surface area contributed by atoms with Gasteiger partial charge in [-0.05, 0) is 54.9 Å². The molecule has 2 rings (SSSR count). The molecule has 1 saturated heterocycles. The second-order valence-electron chi connectivity index (χ2n) is 6.01. The van der Waals surface area contributed by atoms with Crippen LogP contribution >= 0.6 is 15.9 Å². The van der Waals surface area contributed by atoms with E-state index in [0.29, 0.717) is 4.47 Å². The van der Waals surface area contributed by atoms with Crippen LogP contribution in [0.15, 0.2) is 22.7 Å². The van der Waals surface area contributed by atoms with Crippen molar-refractivity contribution in [3.63, 3.8) is 0 Å². The van der Waals surface area contributed by atoms with Gasteiger partial charge in [-0.2, -0.15) is 0 Å². The highest BCUT2D eigenvalue weighted by Crippen LogP contribution is 2.27. The Morgan fingerprint density at radius 3 is 2.67 bits per heavy atom. The van der Waals surface area contributed by atoms with Gasteiger partial charge in [0.15, 0.2) is 0 Å². The average Bonchev–Trinajstić information content (AvgIpc) is 2.49. The maximum absolute atomic E-state index is 13.7. The summed E-state index contributed by atoms with van der Waals surface area (Å²) in [5.41, 5.74) is 0.972. The molecule has 0 aliphatic carbocycles. The molecule has 0 saturated carbocycles. The number of nitrogens with one attached hydrogen (secondary N) is 1. The number of benzene rings is 1. The minimum absolute atomic E-state index is 0.0235. The smallest absolute Gasteiger partial charge is 0.137 e. The molecule has 1 aromatic carbocycles. The van der Waals surface area contributed by atoms with Crippen molar-refractivity contribution in [3.05, 3.63) is 34.1 Å². The first-order valence-electron chi connectivity index (χ1n) is 7.39. The predicted octanol–water partition coefficient (Wildman–Crippen LogP) is 2.83. The van der Waals surface area contributed by atoms with Crippen molar-refractivity contribution in [1.29, 1.82) is 0 Å². The fourth-order valence-electron chi connectivity index (χ4n) is 2.99. The van der Waals surface area contributed by atoms with Crippen LogP contribution in [-0.2, 0) is 11.2 Å². The fraction of sp³-hybridized carbons (Fsp3) is 0.625. The maximum Gasteiger partial charge on any atom is 0.137 e. The van der Waals surface area contributed by atoms with Crippen LogP contribution in [0.2, 0.25) is 0 Å². The third-order valence-electron chi connectivity index (χ3n) is 4.48. The Hall–Kier alpha value is -0.490. The summed E-state index contributed by atoms with van der Waals surface area (Å²) >= 11 is 3.36. The molecule has 1 heterocycles. The van der Waals surface area contributed by atoms with Crippen LogP contribution in [-0.4, -0.2) is 49.8 Å². The lowest BCUT2D eigenvalue weighted by Gasteiger charge is -2.46. The Labute approximate surface area is 135 Å². The number of nitrogens with zero attached hydrogens (tertiary/aromatic N) is 1. The number of ether oxygens (including phenoxy) is 1. The molecule has 5 heteroatoms. The third kappa shape index (κ3) is 3.83. The Morgan fingerprint density at radius 2 is 2.05 bits per heavy atom. The minimum Gasteiger partial charge on any atom is -0.379 e. The van der Waals surface area contributed by atoms with Crippen molar-refractivity contribution in [2.24, 2.45) is 0 Å². The first-order chi connectivity index (χ1) is 9.96. The SMILES string of the molecule is CNC(Cc1cccc(F)c1Br)C(C)(C)N1CCOCC1. The zero-order valence-electron chi connectivity index (χ0n) is 13.0. The van der Waals surface area contributed by atoms with E-state index in [4.69, 9.17) is 4.74 Å². The van der Waals surface area contributed by atoms with E-state index in [0.717, 1.165) is 38.3 Å². The molecule has 0 radical (unpaired) electrons. The monoisotopic (exact) mass is 358 g/mol. The normalized spacial score (nSPS) is 18.7. The molecule has 1 aromatic rings. The molecule has 3 nitrogen and oxygen atoms in total. The molecule has 1 fully saturated rings. The summed E-state index contributed by atoms with van der Waals surface area (Å²) in [6.07, 6.45) is 0.777. The molecule has 21 heavy (non-hydrogen) atoms. The summed E-state index contributed by atoms with van der Waals surface area (Å²) in [4.78, 5) is 2.45. The van der Waals surface area contributed by atoms with E-state index in [9.17, 15) is 4.39 Å². The Balaban J connectivity index is 2.16. The number of morpholine rings is 1. The second kappa shape index (κ2) is 7.18. The highest BCUT2D eigenvalue weighted by Gasteiger charge is 2.35. The van der Waals surface area contributed by atoms with E-state index >= 15 is 0 Å². The molecule has 1 atom stereocenters. The zero-order valence-corrected chi connectivity index (χ0v) is 14.5.